The maximum Gasteiger partial charge on any atom is 0.282 e. The molecular weight excluding hydrogens is 430 g/mol. The molecule has 5 nitrogen and oxygen atoms in total. The van der Waals surface area contributed by atoms with Crippen molar-refractivity contribution in [3.05, 3.63) is 81.6 Å². The molecule has 5 rings (SSSR count). The molecule has 2 aliphatic rings. The van der Waals surface area contributed by atoms with Gasteiger partial charge in [0.1, 0.15) is 5.70 Å². The summed E-state index contributed by atoms with van der Waals surface area (Å²) in [5, 5.41) is 5.58. The first-order valence-corrected chi connectivity index (χ1v) is 11.4. The van der Waals surface area contributed by atoms with Crippen molar-refractivity contribution in [3.63, 3.8) is 0 Å². The molecule has 0 radical (unpaired) electrons. The Morgan fingerprint density at radius 2 is 1.65 bits per heavy atom. The minimum atomic E-state index is -0.390. The first-order chi connectivity index (χ1) is 15.1. The van der Waals surface area contributed by atoms with Gasteiger partial charge >= 0.3 is 0 Å². The fraction of sp³-hybridized carbons (Fsp3) is 0.167. The van der Waals surface area contributed by atoms with Crippen molar-refractivity contribution in [3.8, 4) is 0 Å². The number of carbonyl (C=O) groups is 2. The summed E-state index contributed by atoms with van der Waals surface area (Å²) < 4.78 is 0. The maximum atomic E-state index is 13.4. The third kappa shape index (κ3) is 3.73. The molecule has 3 aromatic rings. The number of halogens is 1. The molecule has 1 aromatic heterocycles. The van der Waals surface area contributed by atoms with Gasteiger partial charge in [-0.2, -0.15) is 0 Å². The van der Waals surface area contributed by atoms with Crippen molar-refractivity contribution in [1.82, 2.24) is 0 Å². The Morgan fingerprint density at radius 3 is 2.32 bits per heavy atom. The first kappa shape index (κ1) is 19.8. The molecule has 2 amide bonds. The predicted octanol–water partition coefficient (Wildman–Crippen LogP) is 5.40. The van der Waals surface area contributed by atoms with Gasteiger partial charge in [-0.15, -0.1) is 11.3 Å². The van der Waals surface area contributed by atoms with E-state index in [0.29, 0.717) is 16.3 Å². The summed E-state index contributed by atoms with van der Waals surface area (Å²) in [6.45, 7) is 2.14. The van der Waals surface area contributed by atoms with Gasteiger partial charge in [-0.1, -0.05) is 23.7 Å². The van der Waals surface area contributed by atoms with Crippen molar-refractivity contribution in [1.29, 1.82) is 0 Å². The van der Waals surface area contributed by atoms with E-state index in [1.54, 1.807) is 24.3 Å². The van der Waals surface area contributed by atoms with Crippen molar-refractivity contribution in [2.24, 2.45) is 0 Å². The van der Waals surface area contributed by atoms with Gasteiger partial charge < -0.3 is 10.2 Å². The number of thiophene rings is 1. The smallest absolute Gasteiger partial charge is 0.282 e. The van der Waals surface area contributed by atoms with E-state index in [2.05, 4.69) is 22.3 Å². The van der Waals surface area contributed by atoms with Crippen molar-refractivity contribution in [2.75, 3.05) is 28.2 Å². The number of nitrogens with one attached hydrogen (secondary N) is 1. The molecule has 2 aromatic carbocycles. The van der Waals surface area contributed by atoms with E-state index in [0.717, 1.165) is 23.7 Å². The Balaban J connectivity index is 1.49. The number of imide groups is 1. The number of carbonyl (C=O) groups excluding carboxylic acids is 2. The number of nitrogens with zero attached hydrogens (tertiary/aromatic N) is 2. The molecule has 0 spiro atoms. The lowest BCUT2D eigenvalue weighted by Gasteiger charge is -2.18. The standard InChI is InChI=1S/C24H20ClN3O2S/c25-16-5-3-6-19(15-16)28-23(29)21(20-7-4-14-31-20)22(24(28)30)26-17-8-10-18(11-9-17)27-12-1-2-13-27/h3-11,14-15,26H,1-2,12-13H2. The topological polar surface area (TPSA) is 52.7 Å². The highest BCUT2D eigenvalue weighted by atomic mass is 35.5. The number of amides is 2. The number of rotatable bonds is 5. The van der Waals surface area contributed by atoms with E-state index in [4.69, 9.17) is 11.6 Å². The van der Waals surface area contributed by atoms with E-state index in [9.17, 15) is 9.59 Å². The maximum absolute atomic E-state index is 13.4. The van der Waals surface area contributed by atoms with Crippen molar-refractivity contribution < 1.29 is 9.59 Å². The lowest BCUT2D eigenvalue weighted by molar-refractivity contribution is -0.120. The van der Waals surface area contributed by atoms with E-state index < -0.39 is 0 Å². The summed E-state index contributed by atoms with van der Waals surface area (Å²) >= 11 is 7.54. The number of hydrogen-bond donors (Lipinski definition) is 1. The van der Waals surface area contributed by atoms with Crippen LogP contribution in [-0.2, 0) is 9.59 Å². The molecule has 1 saturated heterocycles. The number of hydrogen-bond acceptors (Lipinski definition) is 5. The summed E-state index contributed by atoms with van der Waals surface area (Å²) in [5.41, 5.74) is 3.05. The molecular formula is C24H20ClN3O2S. The van der Waals surface area contributed by atoms with Crippen LogP contribution < -0.4 is 15.1 Å². The Morgan fingerprint density at radius 1 is 0.871 bits per heavy atom. The molecule has 0 unspecified atom stereocenters. The molecule has 31 heavy (non-hydrogen) atoms. The van der Waals surface area contributed by atoms with Crippen LogP contribution in [0.3, 0.4) is 0 Å². The summed E-state index contributed by atoms with van der Waals surface area (Å²) in [6.07, 6.45) is 2.43. The lowest BCUT2D eigenvalue weighted by Crippen LogP contribution is -2.32. The monoisotopic (exact) mass is 449 g/mol. The second-order valence-corrected chi connectivity index (χ2v) is 8.90. The number of anilines is 3. The average molecular weight is 450 g/mol. The van der Waals surface area contributed by atoms with Gasteiger partial charge in [0.05, 0.1) is 11.3 Å². The molecule has 156 valence electrons. The van der Waals surface area contributed by atoms with Crippen LogP contribution >= 0.6 is 22.9 Å². The highest BCUT2D eigenvalue weighted by molar-refractivity contribution is 7.11. The largest absolute Gasteiger partial charge is 0.372 e. The molecule has 7 heteroatoms. The third-order valence-electron chi connectivity index (χ3n) is 5.53. The zero-order valence-electron chi connectivity index (χ0n) is 16.7. The van der Waals surface area contributed by atoms with Crippen LogP contribution in [0.25, 0.3) is 5.57 Å². The van der Waals surface area contributed by atoms with Crippen LogP contribution in [0.4, 0.5) is 17.1 Å². The van der Waals surface area contributed by atoms with Crippen molar-refractivity contribution in [2.45, 2.75) is 12.8 Å². The second-order valence-electron chi connectivity index (χ2n) is 7.52. The van der Waals surface area contributed by atoms with Crippen LogP contribution in [0.15, 0.2) is 71.7 Å². The summed E-state index contributed by atoms with van der Waals surface area (Å²) in [4.78, 5) is 31.0. The highest BCUT2D eigenvalue weighted by Crippen LogP contribution is 2.36. The fourth-order valence-corrected chi connectivity index (χ4v) is 4.97. The van der Waals surface area contributed by atoms with Gasteiger partial charge in [0.25, 0.3) is 11.8 Å². The average Bonchev–Trinajstić information content (AvgIpc) is 3.52. The molecule has 0 bridgehead atoms. The number of benzene rings is 2. The Kier molecular flexibility index (Phi) is 5.26. The van der Waals surface area contributed by atoms with E-state index in [1.165, 1.54) is 34.8 Å². The summed E-state index contributed by atoms with van der Waals surface area (Å²) in [6, 6.07) is 18.5. The van der Waals surface area contributed by atoms with Gasteiger partial charge in [-0.25, -0.2) is 4.90 Å². The predicted molar refractivity (Wildman–Crippen MR) is 127 cm³/mol. The van der Waals surface area contributed by atoms with Gasteiger partial charge in [0.2, 0.25) is 0 Å². The molecule has 0 atom stereocenters. The van der Waals surface area contributed by atoms with Gasteiger partial charge in [0.15, 0.2) is 0 Å². The molecule has 1 N–H and O–H groups in total. The van der Waals surface area contributed by atoms with Crippen LogP contribution in [0.2, 0.25) is 5.02 Å². The fourth-order valence-electron chi connectivity index (χ4n) is 4.02. The second kappa shape index (κ2) is 8.21. The van der Waals surface area contributed by atoms with Crippen LogP contribution in [0, 0.1) is 0 Å². The van der Waals surface area contributed by atoms with Crippen LogP contribution in [-0.4, -0.2) is 24.9 Å². The van der Waals surface area contributed by atoms with Crippen molar-refractivity contribution >= 4 is 57.4 Å². The summed E-state index contributed by atoms with van der Waals surface area (Å²) in [5.74, 6) is -0.745. The Labute approximate surface area is 189 Å². The molecule has 2 aliphatic heterocycles. The summed E-state index contributed by atoms with van der Waals surface area (Å²) in [7, 11) is 0. The molecule has 0 aliphatic carbocycles. The van der Waals surface area contributed by atoms with E-state index in [-0.39, 0.29) is 17.5 Å². The van der Waals surface area contributed by atoms with Gasteiger partial charge in [0, 0.05) is 34.4 Å². The van der Waals surface area contributed by atoms with Gasteiger partial charge in [-0.05, 0) is 66.8 Å². The quantitative estimate of drug-likeness (QED) is 0.530. The third-order valence-corrected chi connectivity index (χ3v) is 6.65. The minimum Gasteiger partial charge on any atom is -0.372 e. The Bertz CT molecular complexity index is 1170. The SMILES string of the molecule is O=C1C(Nc2ccc(N3CCCC3)cc2)=C(c2cccs2)C(=O)N1c1cccc(Cl)c1. The highest BCUT2D eigenvalue weighted by Gasteiger charge is 2.40. The minimum absolute atomic E-state index is 0.279. The van der Waals surface area contributed by atoms with Crippen LogP contribution in [0.5, 0.6) is 0 Å². The zero-order chi connectivity index (χ0) is 21.4. The van der Waals surface area contributed by atoms with E-state index >= 15 is 0 Å². The molecule has 0 saturated carbocycles. The lowest BCUT2D eigenvalue weighted by atomic mass is 10.1. The normalized spacial score (nSPS) is 16.5. The molecule has 3 heterocycles. The zero-order valence-corrected chi connectivity index (χ0v) is 18.2. The Hall–Kier alpha value is -3.09. The van der Waals surface area contributed by atoms with E-state index in [1.807, 2.05) is 29.6 Å². The first-order valence-electron chi connectivity index (χ1n) is 10.2. The van der Waals surface area contributed by atoms with Gasteiger partial charge in [-0.3, -0.25) is 9.59 Å². The molecule has 1 fully saturated rings. The van der Waals surface area contributed by atoms with Crippen LogP contribution in [0.1, 0.15) is 17.7 Å².